The normalized spacial score (nSPS) is 10.1. The van der Waals surface area contributed by atoms with Crippen molar-refractivity contribution in [3.63, 3.8) is 0 Å². The van der Waals surface area contributed by atoms with Crippen LogP contribution >= 0.6 is 11.3 Å². The summed E-state index contributed by atoms with van der Waals surface area (Å²) < 4.78 is 5.10. The molecule has 0 spiro atoms. The molecule has 5 heteroatoms. The number of carbonyl (C=O) groups is 1. The Hall–Kier alpha value is -2.01. The van der Waals surface area contributed by atoms with Crippen molar-refractivity contribution in [3.8, 4) is 11.5 Å². The number of benzene rings is 1. The Bertz CT molecular complexity index is 577. The van der Waals surface area contributed by atoms with Crippen LogP contribution in [0.1, 0.15) is 15.2 Å². The van der Waals surface area contributed by atoms with E-state index in [1.165, 1.54) is 18.4 Å². The number of anilines is 1. The third-order valence-corrected chi connectivity index (χ3v) is 3.40. The van der Waals surface area contributed by atoms with Crippen LogP contribution in [-0.4, -0.2) is 18.1 Å². The van der Waals surface area contributed by atoms with Gasteiger partial charge in [-0.15, -0.1) is 11.3 Å². The van der Waals surface area contributed by atoms with Gasteiger partial charge in [0.25, 0.3) is 5.91 Å². The van der Waals surface area contributed by atoms with E-state index in [9.17, 15) is 9.90 Å². The zero-order chi connectivity index (χ0) is 13.1. The first kappa shape index (κ1) is 12.4. The third kappa shape index (κ3) is 2.46. The number of carbonyl (C=O) groups excluding carboxylic acids is 1. The molecule has 0 atom stereocenters. The Morgan fingerprint density at radius 1 is 1.39 bits per heavy atom. The molecular weight excluding hydrogens is 250 g/mol. The van der Waals surface area contributed by atoms with Crippen LogP contribution in [0, 0.1) is 6.92 Å². The molecule has 0 fully saturated rings. The Morgan fingerprint density at radius 2 is 2.17 bits per heavy atom. The summed E-state index contributed by atoms with van der Waals surface area (Å²) in [6.45, 7) is 1.77. The molecule has 0 aliphatic rings. The highest BCUT2D eigenvalue weighted by Crippen LogP contribution is 2.26. The molecular formula is C13H13NO3S. The van der Waals surface area contributed by atoms with E-state index in [1.807, 2.05) is 0 Å². The van der Waals surface area contributed by atoms with Crippen molar-refractivity contribution in [2.24, 2.45) is 0 Å². The van der Waals surface area contributed by atoms with Gasteiger partial charge >= 0.3 is 0 Å². The van der Waals surface area contributed by atoms with E-state index in [1.54, 1.807) is 36.6 Å². The molecule has 1 amide bonds. The number of phenols is 1. The summed E-state index contributed by atoms with van der Waals surface area (Å²) >= 11 is 1.32. The zero-order valence-corrected chi connectivity index (χ0v) is 10.9. The molecule has 2 N–H and O–H groups in total. The van der Waals surface area contributed by atoms with Gasteiger partial charge in [0.1, 0.15) is 16.4 Å². The van der Waals surface area contributed by atoms with E-state index in [-0.39, 0.29) is 11.7 Å². The minimum atomic E-state index is -0.216. The summed E-state index contributed by atoms with van der Waals surface area (Å²) in [5, 5.41) is 14.0. The molecule has 94 valence electrons. The lowest BCUT2D eigenvalue weighted by Crippen LogP contribution is -2.11. The van der Waals surface area contributed by atoms with Crippen molar-refractivity contribution in [1.82, 2.24) is 0 Å². The third-order valence-electron chi connectivity index (χ3n) is 2.51. The van der Waals surface area contributed by atoms with E-state index >= 15 is 0 Å². The molecule has 0 radical (unpaired) electrons. The fraction of sp³-hybridized carbons (Fsp3) is 0.154. The number of nitrogens with one attached hydrogen (secondary N) is 1. The maximum absolute atomic E-state index is 12.0. The number of thiophene rings is 1. The lowest BCUT2D eigenvalue weighted by atomic mass is 10.2. The number of rotatable bonds is 3. The van der Waals surface area contributed by atoms with Gasteiger partial charge in [-0.25, -0.2) is 0 Å². The lowest BCUT2D eigenvalue weighted by molar-refractivity contribution is 0.102. The number of aromatic hydroxyl groups is 1. The van der Waals surface area contributed by atoms with Gasteiger partial charge in [0, 0.05) is 5.69 Å². The average Bonchev–Trinajstić information content (AvgIpc) is 2.82. The van der Waals surface area contributed by atoms with Crippen molar-refractivity contribution >= 4 is 22.9 Å². The van der Waals surface area contributed by atoms with Gasteiger partial charge in [-0.2, -0.15) is 0 Å². The van der Waals surface area contributed by atoms with Crippen LogP contribution in [0.3, 0.4) is 0 Å². The zero-order valence-electron chi connectivity index (χ0n) is 10.1. The SMILES string of the molecule is COc1ccsc1C(=O)Nc1ccc(O)c(C)c1. The Kier molecular flexibility index (Phi) is 3.53. The highest BCUT2D eigenvalue weighted by Gasteiger charge is 2.14. The summed E-state index contributed by atoms with van der Waals surface area (Å²) in [6.07, 6.45) is 0. The lowest BCUT2D eigenvalue weighted by Gasteiger charge is -2.07. The molecule has 0 aliphatic heterocycles. The first-order valence-electron chi connectivity index (χ1n) is 5.34. The maximum Gasteiger partial charge on any atom is 0.269 e. The average molecular weight is 263 g/mol. The van der Waals surface area contributed by atoms with Crippen LogP contribution in [-0.2, 0) is 0 Å². The van der Waals surface area contributed by atoms with Crippen LogP contribution in [0.5, 0.6) is 11.5 Å². The van der Waals surface area contributed by atoms with Crippen molar-refractivity contribution in [1.29, 1.82) is 0 Å². The second-order valence-corrected chi connectivity index (χ2v) is 4.69. The highest BCUT2D eigenvalue weighted by atomic mass is 32.1. The smallest absolute Gasteiger partial charge is 0.269 e. The molecule has 0 saturated carbocycles. The first-order valence-corrected chi connectivity index (χ1v) is 6.22. The van der Waals surface area contributed by atoms with Crippen LogP contribution in [0.25, 0.3) is 0 Å². The fourth-order valence-corrected chi connectivity index (χ4v) is 2.30. The second kappa shape index (κ2) is 5.10. The monoisotopic (exact) mass is 263 g/mol. The second-order valence-electron chi connectivity index (χ2n) is 3.77. The fourth-order valence-electron chi connectivity index (χ4n) is 1.54. The number of amides is 1. The van der Waals surface area contributed by atoms with Crippen molar-refractivity contribution in [3.05, 3.63) is 40.1 Å². The summed E-state index contributed by atoms with van der Waals surface area (Å²) in [5.74, 6) is 0.557. The molecule has 0 saturated heterocycles. The predicted molar refractivity (Wildman–Crippen MR) is 71.7 cm³/mol. The summed E-state index contributed by atoms with van der Waals surface area (Å²) in [4.78, 5) is 12.5. The number of aryl methyl sites for hydroxylation is 1. The van der Waals surface area contributed by atoms with Crippen LogP contribution in [0.4, 0.5) is 5.69 Å². The predicted octanol–water partition coefficient (Wildman–Crippen LogP) is 3.02. The Labute approximate surface area is 109 Å². The summed E-state index contributed by atoms with van der Waals surface area (Å²) in [6, 6.07) is 6.67. The number of phenolic OH excluding ortho intramolecular Hbond substituents is 1. The van der Waals surface area contributed by atoms with Gasteiger partial charge in [-0.1, -0.05) is 0 Å². The van der Waals surface area contributed by atoms with Gasteiger partial charge in [-0.05, 0) is 42.1 Å². The quantitative estimate of drug-likeness (QED) is 0.837. The molecule has 2 rings (SSSR count). The van der Waals surface area contributed by atoms with Gasteiger partial charge in [0.15, 0.2) is 0 Å². The van der Waals surface area contributed by atoms with E-state index in [2.05, 4.69) is 5.32 Å². The van der Waals surface area contributed by atoms with Gasteiger partial charge < -0.3 is 15.2 Å². The molecule has 1 aromatic heterocycles. The van der Waals surface area contributed by atoms with E-state index in [0.29, 0.717) is 21.9 Å². The van der Waals surface area contributed by atoms with Crippen molar-refractivity contribution in [2.75, 3.05) is 12.4 Å². The van der Waals surface area contributed by atoms with Crippen molar-refractivity contribution in [2.45, 2.75) is 6.92 Å². The molecule has 0 aliphatic carbocycles. The first-order chi connectivity index (χ1) is 8.61. The van der Waals surface area contributed by atoms with E-state index in [0.717, 1.165) is 0 Å². The topological polar surface area (TPSA) is 58.6 Å². The molecule has 18 heavy (non-hydrogen) atoms. The molecule has 1 heterocycles. The van der Waals surface area contributed by atoms with Crippen LogP contribution in [0.2, 0.25) is 0 Å². The largest absolute Gasteiger partial charge is 0.508 e. The van der Waals surface area contributed by atoms with Crippen molar-refractivity contribution < 1.29 is 14.6 Å². The maximum atomic E-state index is 12.0. The number of hydrogen-bond donors (Lipinski definition) is 2. The van der Waals surface area contributed by atoms with E-state index < -0.39 is 0 Å². The van der Waals surface area contributed by atoms with Gasteiger partial charge in [0.05, 0.1) is 7.11 Å². The molecule has 2 aromatic rings. The summed E-state index contributed by atoms with van der Waals surface area (Å²) in [7, 11) is 1.53. The number of hydrogen-bond acceptors (Lipinski definition) is 4. The van der Waals surface area contributed by atoms with Crippen LogP contribution < -0.4 is 10.1 Å². The Morgan fingerprint density at radius 3 is 2.83 bits per heavy atom. The molecule has 1 aromatic carbocycles. The van der Waals surface area contributed by atoms with Crippen LogP contribution in [0.15, 0.2) is 29.6 Å². The molecule has 0 bridgehead atoms. The molecule has 0 unspecified atom stereocenters. The number of methoxy groups -OCH3 is 1. The standard InChI is InChI=1S/C13H13NO3S/c1-8-7-9(3-4-10(8)15)14-13(16)12-11(17-2)5-6-18-12/h3-7,15H,1-2H3,(H,14,16). The van der Waals surface area contributed by atoms with E-state index in [4.69, 9.17) is 4.74 Å². The van der Waals surface area contributed by atoms with Gasteiger partial charge in [-0.3, -0.25) is 4.79 Å². The minimum Gasteiger partial charge on any atom is -0.508 e. The number of ether oxygens (including phenoxy) is 1. The minimum absolute atomic E-state index is 0.210. The summed E-state index contributed by atoms with van der Waals surface area (Å²) in [5.41, 5.74) is 1.36. The molecule has 4 nitrogen and oxygen atoms in total. The highest BCUT2D eigenvalue weighted by molar-refractivity contribution is 7.12. The Balaban J connectivity index is 2.19. The van der Waals surface area contributed by atoms with Gasteiger partial charge in [0.2, 0.25) is 0 Å².